The van der Waals surface area contributed by atoms with Crippen molar-refractivity contribution in [3.63, 3.8) is 0 Å². The lowest BCUT2D eigenvalue weighted by atomic mass is 10.7. The van der Waals surface area contributed by atoms with E-state index in [2.05, 4.69) is 0 Å². The second-order valence-electron chi connectivity index (χ2n) is 1.07. The monoisotopic (exact) mass is 105 g/mol. The molecule has 0 radical (unpaired) electrons. The molecule has 0 fully saturated rings. The van der Waals surface area contributed by atoms with Gasteiger partial charge in [-0.1, -0.05) is 0 Å². The molecule has 0 unspecified atom stereocenters. The van der Waals surface area contributed by atoms with Crippen LogP contribution < -0.4 is 11.7 Å². The van der Waals surface area contributed by atoms with Crippen LogP contribution in [-0.2, 0) is 4.79 Å². The average Bonchev–Trinajstić information content (AvgIpc) is 1.27. The normalized spacial score (nSPS) is 9.57. The zero-order valence-corrected chi connectivity index (χ0v) is 3.66. The van der Waals surface area contributed by atoms with Crippen molar-refractivity contribution in [2.75, 3.05) is 6.54 Å². The fraction of sp³-hybridized carbons (Fsp3) is 0.500. The summed E-state index contributed by atoms with van der Waals surface area (Å²) in [5.41, 5.74) is 0. The van der Waals surface area contributed by atoms with Crippen LogP contribution in [0, 0.1) is 0 Å². The lowest BCUT2D eigenvalue weighted by molar-refractivity contribution is -0.138. The standard InChI is InChI=1S/C2H7N3O2/c3-5(4)1-2(6)7/h1,3-4H2,(H,6,7). The molecule has 0 amide bonds. The predicted molar refractivity (Wildman–Crippen MR) is 22.7 cm³/mol. The smallest absolute Gasteiger partial charge is 0.320 e. The van der Waals surface area contributed by atoms with Crippen LogP contribution in [0.1, 0.15) is 0 Å². The van der Waals surface area contributed by atoms with Gasteiger partial charge in [0.15, 0.2) is 0 Å². The van der Waals surface area contributed by atoms with Gasteiger partial charge in [0.1, 0.15) is 6.54 Å². The van der Waals surface area contributed by atoms with E-state index in [1.807, 2.05) is 0 Å². The number of carboxylic acids is 1. The zero-order chi connectivity index (χ0) is 5.86. The van der Waals surface area contributed by atoms with Crippen LogP contribution in [0.4, 0.5) is 0 Å². The highest BCUT2D eigenvalue weighted by Gasteiger charge is 1.95. The third-order valence-electron chi connectivity index (χ3n) is 0.318. The van der Waals surface area contributed by atoms with Gasteiger partial charge in [0.2, 0.25) is 0 Å². The summed E-state index contributed by atoms with van der Waals surface area (Å²) in [5, 5.41) is 8.48. The molecular formula is C2H7N3O2. The number of carbonyl (C=O) groups is 1. The number of hydrogen-bond donors (Lipinski definition) is 3. The Hall–Kier alpha value is -0.650. The highest BCUT2D eigenvalue weighted by Crippen LogP contribution is 1.60. The topological polar surface area (TPSA) is 92.6 Å². The fourth-order valence-corrected chi connectivity index (χ4v) is 0.156. The van der Waals surface area contributed by atoms with Crippen LogP contribution in [0.25, 0.3) is 0 Å². The van der Waals surface area contributed by atoms with Gasteiger partial charge in [-0.2, -0.15) is 5.12 Å². The number of hydrogen-bond acceptors (Lipinski definition) is 4. The molecule has 0 heterocycles. The Balaban J connectivity index is 3.13. The predicted octanol–water partition coefficient (Wildman–Crippen LogP) is -1.88. The van der Waals surface area contributed by atoms with Gasteiger partial charge in [0.25, 0.3) is 0 Å². The maximum Gasteiger partial charge on any atom is 0.320 e. The van der Waals surface area contributed by atoms with Crippen LogP contribution in [0.2, 0.25) is 0 Å². The second-order valence-corrected chi connectivity index (χ2v) is 1.07. The molecule has 0 aliphatic heterocycles. The van der Waals surface area contributed by atoms with E-state index < -0.39 is 5.97 Å². The van der Waals surface area contributed by atoms with Gasteiger partial charge < -0.3 is 5.11 Å². The number of aliphatic carboxylic acids is 1. The van der Waals surface area contributed by atoms with Crippen molar-refractivity contribution in [3.05, 3.63) is 0 Å². The van der Waals surface area contributed by atoms with E-state index in [9.17, 15) is 4.79 Å². The largest absolute Gasteiger partial charge is 0.480 e. The van der Waals surface area contributed by atoms with E-state index in [1.54, 1.807) is 0 Å². The maximum absolute atomic E-state index is 9.61. The van der Waals surface area contributed by atoms with Gasteiger partial charge in [-0.15, -0.1) is 0 Å². The van der Waals surface area contributed by atoms with Crippen molar-refractivity contribution in [2.45, 2.75) is 0 Å². The fourth-order valence-electron chi connectivity index (χ4n) is 0.156. The minimum absolute atomic E-state index is 0.333. The quantitative estimate of drug-likeness (QED) is 0.282. The summed E-state index contributed by atoms with van der Waals surface area (Å²) >= 11 is 0. The van der Waals surface area contributed by atoms with E-state index in [4.69, 9.17) is 16.8 Å². The Morgan fingerprint density at radius 1 is 1.71 bits per heavy atom. The number of carboxylic acid groups (broad SMARTS) is 1. The molecule has 0 rings (SSSR count). The number of nitrogens with two attached hydrogens (primary N) is 2. The van der Waals surface area contributed by atoms with Crippen molar-refractivity contribution in [2.24, 2.45) is 11.7 Å². The van der Waals surface area contributed by atoms with Crippen molar-refractivity contribution in [1.29, 1.82) is 0 Å². The molecule has 0 saturated carbocycles. The van der Waals surface area contributed by atoms with Crippen LogP contribution in [0.3, 0.4) is 0 Å². The average molecular weight is 105 g/mol. The van der Waals surface area contributed by atoms with E-state index in [0.29, 0.717) is 5.12 Å². The third-order valence-corrected chi connectivity index (χ3v) is 0.318. The molecular weight excluding hydrogens is 98.0 g/mol. The van der Waals surface area contributed by atoms with Gasteiger partial charge in [-0.05, 0) is 0 Å². The Morgan fingerprint density at radius 3 is 2.14 bits per heavy atom. The van der Waals surface area contributed by atoms with Gasteiger partial charge in [-0.3, -0.25) is 16.5 Å². The first-order valence-electron chi connectivity index (χ1n) is 1.61. The molecule has 0 aromatic carbocycles. The molecule has 5 N–H and O–H groups in total. The summed E-state index contributed by atoms with van der Waals surface area (Å²) in [4.78, 5) is 9.61. The van der Waals surface area contributed by atoms with Crippen molar-refractivity contribution >= 4 is 5.97 Å². The van der Waals surface area contributed by atoms with Crippen LogP contribution in [0.15, 0.2) is 0 Å². The number of nitrogens with zero attached hydrogens (tertiary/aromatic N) is 1. The minimum Gasteiger partial charge on any atom is -0.480 e. The molecule has 0 aliphatic rings. The van der Waals surface area contributed by atoms with Crippen LogP contribution in [-0.4, -0.2) is 22.7 Å². The molecule has 5 heteroatoms. The highest BCUT2D eigenvalue weighted by molar-refractivity contribution is 5.68. The van der Waals surface area contributed by atoms with Gasteiger partial charge in [-0.25, -0.2) is 0 Å². The summed E-state index contributed by atoms with van der Waals surface area (Å²) in [5.74, 6) is 8.41. The Kier molecular flexibility index (Phi) is 2.28. The molecule has 0 aliphatic carbocycles. The first-order chi connectivity index (χ1) is 3.13. The first-order valence-corrected chi connectivity index (χ1v) is 1.61. The molecule has 0 saturated heterocycles. The number of hydrazine groups is 2. The molecule has 5 nitrogen and oxygen atoms in total. The lowest BCUT2D eigenvalue weighted by Gasteiger charge is -2.01. The SMILES string of the molecule is NN(N)CC(=O)O. The van der Waals surface area contributed by atoms with E-state index >= 15 is 0 Å². The maximum atomic E-state index is 9.61. The third kappa shape index (κ3) is 5.35. The summed E-state index contributed by atoms with van der Waals surface area (Å²) < 4.78 is 0. The first kappa shape index (κ1) is 6.35. The molecule has 42 valence electrons. The van der Waals surface area contributed by atoms with Gasteiger partial charge >= 0.3 is 5.97 Å². The molecule has 0 spiro atoms. The molecule has 0 aromatic heterocycles. The second kappa shape index (κ2) is 2.51. The van der Waals surface area contributed by atoms with E-state index in [-0.39, 0.29) is 6.54 Å². The zero-order valence-electron chi connectivity index (χ0n) is 3.66. The van der Waals surface area contributed by atoms with Gasteiger partial charge in [0.05, 0.1) is 0 Å². The van der Waals surface area contributed by atoms with E-state index in [0.717, 1.165) is 0 Å². The van der Waals surface area contributed by atoms with Crippen molar-refractivity contribution in [3.8, 4) is 0 Å². The molecule has 0 bridgehead atoms. The van der Waals surface area contributed by atoms with Crippen molar-refractivity contribution in [1.82, 2.24) is 5.12 Å². The van der Waals surface area contributed by atoms with Gasteiger partial charge in [0, 0.05) is 0 Å². The lowest BCUT2D eigenvalue weighted by Crippen LogP contribution is -2.41. The van der Waals surface area contributed by atoms with Crippen LogP contribution in [0.5, 0.6) is 0 Å². The minimum atomic E-state index is -1.04. The van der Waals surface area contributed by atoms with E-state index in [1.165, 1.54) is 0 Å². The van der Waals surface area contributed by atoms with Crippen LogP contribution >= 0.6 is 0 Å². The Labute approximate surface area is 40.4 Å². The summed E-state index contributed by atoms with van der Waals surface area (Å²) in [6.45, 7) is -0.333. The Morgan fingerprint density at radius 2 is 2.14 bits per heavy atom. The Bertz CT molecular complexity index is 71.3. The summed E-state index contributed by atoms with van der Waals surface area (Å²) in [7, 11) is 0. The molecule has 7 heavy (non-hydrogen) atoms. The molecule has 0 aromatic rings. The summed E-state index contributed by atoms with van der Waals surface area (Å²) in [6, 6.07) is 0. The summed E-state index contributed by atoms with van der Waals surface area (Å²) in [6.07, 6.45) is 0. The molecule has 0 atom stereocenters. The highest BCUT2D eigenvalue weighted by atomic mass is 16.4. The number of rotatable bonds is 2. The van der Waals surface area contributed by atoms with Crippen molar-refractivity contribution < 1.29 is 9.90 Å².